The largest absolute Gasteiger partial charge is 0.398 e. The van der Waals surface area contributed by atoms with Gasteiger partial charge in [0, 0.05) is 27.2 Å². The number of rotatable bonds is 9. The Morgan fingerprint density at radius 3 is 1.72 bits per heavy atom. The van der Waals surface area contributed by atoms with E-state index in [0.717, 1.165) is 0 Å². The van der Waals surface area contributed by atoms with Crippen molar-refractivity contribution in [3.05, 3.63) is 84.9 Å². The molecule has 0 aliphatic rings. The van der Waals surface area contributed by atoms with Crippen LogP contribution >= 0.6 is 0 Å². The van der Waals surface area contributed by atoms with Crippen molar-refractivity contribution in [2.24, 2.45) is 0 Å². The van der Waals surface area contributed by atoms with E-state index in [-0.39, 0.29) is 31.4 Å². The van der Waals surface area contributed by atoms with Crippen molar-refractivity contribution in [2.75, 3.05) is 27.4 Å². The maximum atomic E-state index is 11.9. The molecule has 5 aromatic rings. The minimum Gasteiger partial charge on any atom is -0.398 e. The predicted molar refractivity (Wildman–Crippen MR) is 163 cm³/mol. The minimum absolute atomic E-state index is 0.114. The van der Waals surface area contributed by atoms with E-state index < -0.39 is 30.4 Å². The monoisotopic (exact) mass is 645 g/mol. The summed E-state index contributed by atoms with van der Waals surface area (Å²) in [5.41, 5.74) is 19.2. The summed E-state index contributed by atoms with van der Waals surface area (Å²) in [4.78, 5) is -1.09. The predicted octanol–water partition coefficient (Wildman–Crippen LogP) is 4.19. The number of nitrogens with one attached hydrogen (secondary N) is 4. The first-order valence-electron chi connectivity index (χ1n) is 12.1. The highest BCUT2D eigenvalue weighted by atomic mass is 32.2. The lowest BCUT2D eigenvalue weighted by Gasteiger charge is -2.18. The van der Waals surface area contributed by atoms with Gasteiger partial charge in [0.15, 0.2) is 0 Å². The quantitative estimate of drug-likeness (QED) is 0.0637. The number of hydrogen-bond donors (Lipinski definition) is 8. The minimum atomic E-state index is -4.57. The number of nitrogens with two attached hydrogens (primary N) is 1. The summed E-state index contributed by atoms with van der Waals surface area (Å²) in [5, 5.41) is 1.28. The van der Waals surface area contributed by atoms with Crippen molar-refractivity contribution < 1.29 is 38.9 Å². The van der Waals surface area contributed by atoms with Crippen molar-refractivity contribution >= 4 is 80.3 Å². The molecule has 0 atom stereocenters. The van der Waals surface area contributed by atoms with Crippen molar-refractivity contribution in [1.29, 1.82) is 0 Å². The molecule has 0 saturated heterocycles. The van der Waals surface area contributed by atoms with Gasteiger partial charge in [-0.2, -0.15) is 25.3 Å². The molecule has 0 aliphatic carbocycles. The van der Waals surface area contributed by atoms with E-state index in [1.54, 1.807) is 24.3 Å². The zero-order chi connectivity index (χ0) is 31.2. The van der Waals surface area contributed by atoms with Gasteiger partial charge in [0.25, 0.3) is 30.4 Å². The van der Waals surface area contributed by atoms with Crippen LogP contribution in [0.5, 0.6) is 0 Å². The molecule has 0 radical (unpaired) electrons. The summed E-state index contributed by atoms with van der Waals surface area (Å²) < 4.78 is 99.2. The molecule has 0 aromatic heterocycles. The lowest BCUT2D eigenvalue weighted by Crippen LogP contribution is -2.12. The second-order valence-corrected chi connectivity index (χ2v) is 13.4. The maximum absolute atomic E-state index is 11.9. The molecule has 17 heteroatoms. The Morgan fingerprint density at radius 2 is 1.07 bits per heavy atom. The molecule has 224 valence electrons. The van der Waals surface area contributed by atoms with Crippen LogP contribution < -0.4 is 27.4 Å². The summed E-state index contributed by atoms with van der Waals surface area (Å²) in [6, 6.07) is 19.7. The number of hydrogen-bond acceptors (Lipinski definition) is 11. The Labute approximate surface area is 245 Å². The molecular weight excluding hydrogens is 623 g/mol. The van der Waals surface area contributed by atoms with Crippen LogP contribution in [-0.2, 0) is 30.4 Å². The highest BCUT2D eigenvalue weighted by Crippen LogP contribution is 2.35. The zero-order valence-corrected chi connectivity index (χ0v) is 24.1. The van der Waals surface area contributed by atoms with Crippen molar-refractivity contribution in [2.45, 2.75) is 14.7 Å². The third kappa shape index (κ3) is 6.26. The van der Waals surface area contributed by atoms with E-state index in [9.17, 15) is 38.9 Å². The van der Waals surface area contributed by atoms with Gasteiger partial charge in [0.05, 0.1) is 32.5 Å². The second kappa shape index (κ2) is 10.9. The van der Waals surface area contributed by atoms with Gasteiger partial charge in [-0.05, 0) is 60.7 Å². The Bertz CT molecular complexity index is 2240. The van der Waals surface area contributed by atoms with E-state index in [4.69, 9.17) is 5.73 Å². The van der Waals surface area contributed by atoms with E-state index in [2.05, 4.69) is 21.7 Å². The number of fused-ring (bicyclic) bond motifs is 2. The SMILES string of the molecule is Nc1ccc(NNc2ccc(NNc3cccc(S(=O)(=O)O)c3)c3cc(S(=O)(=O)O)ccc23)c2cccc(S(=O)(=O)O)c12. The van der Waals surface area contributed by atoms with Crippen LogP contribution in [0.3, 0.4) is 0 Å². The van der Waals surface area contributed by atoms with Crippen molar-refractivity contribution in [1.82, 2.24) is 0 Å². The van der Waals surface area contributed by atoms with Crippen molar-refractivity contribution in [3.63, 3.8) is 0 Å². The molecule has 5 aromatic carbocycles. The molecule has 0 saturated carbocycles. The number of nitrogen functional groups attached to an aromatic ring is 1. The first-order valence-corrected chi connectivity index (χ1v) is 16.4. The average Bonchev–Trinajstić information content (AvgIpc) is 2.94. The van der Waals surface area contributed by atoms with E-state index in [1.165, 1.54) is 60.7 Å². The van der Waals surface area contributed by atoms with Crippen LogP contribution in [0, 0.1) is 0 Å². The molecule has 0 heterocycles. The molecule has 0 unspecified atom stereocenters. The molecule has 0 bridgehead atoms. The summed E-state index contributed by atoms with van der Waals surface area (Å²) in [6.45, 7) is 0. The Hall–Kier alpha value is -4.65. The molecule has 0 fully saturated rings. The fourth-order valence-electron chi connectivity index (χ4n) is 4.44. The topological polar surface area (TPSA) is 237 Å². The second-order valence-electron chi connectivity index (χ2n) is 9.20. The maximum Gasteiger partial charge on any atom is 0.295 e. The fraction of sp³-hybridized carbons (Fsp3) is 0. The average molecular weight is 646 g/mol. The number of benzene rings is 5. The Morgan fingerprint density at radius 1 is 0.512 bits per heavy atom. The van der Waals surface area contributed by atoms with Crippen LogP contribution in [-0.4, -0.2) is 38.9 Å². The highest BCUT2D eigenvalue weighted by molar-refractivity contribution is 7.86. The molecule has 0 spiro atoms. The van der Waals surface area contributed by atoms with Gasteiger partial charge in [0.1, 0.15) is 4.90 Å². The Balaban J connectivity index is 1.52. The van der Waals surface area contributed by atoms with Gasteiger partial charge < -0.3 is 27.4 Å². The van der Waals surface area contributed by atoms with Crippen LogP contribution in [0.15, 0.2) is 99.6 Å². The first kappa shape index (κ1) is 29.8. The van der Waals surface area contributed by atoms with Gasteiger partial charge in [-0.3, -0.25) is 13.7 Å². The van der Waals surface area contributed by atoms with Crippen LogP contribution in [0.25, 0.3) is 21.5 Å². The first-order chi connectivity index (χ1) is 20.1. The Kier molecular flexibility index (Phi) is 7.55. The van der Waals surface area contributed by atoms with E-state index >= 15 is 0 Å². The zero-order valence-electron chi connectivity index (χ0n) is 21.7. The van der Waals surface area contributed by atoms with Crippen LogP contribution in [0.2, 0.25) is 0 Å². The normalized spacial score (nSPS) is 12.3. The van der Waals surface area contributed by atoms with Crippen molar-refractivity contribution in [3.8, 4) is 0 Å². The third-order valence-corrected chi connectivity index (χ3v) is 9.00. The summed E-state index contributed by atoms with van der Waals surface area (Å²) in [7, 11) is -13.6. The van der Waals surface area contributed by atoms with Gasteiger partial charge in [-0.25, -0.2) is 0 Å². The number of hydrazine groups is 2. The summed E-state index contributed by atoms with van der Waals surface area (Å²) in [5.74, 6) is 0. The lowest BCUT2D eigenvalue weighted by atomic mass is 10.1. The lowest BCUT2D eigenvalue weighted by molar-refractivity contribution is 0.481. The van der Waals surface area contributed by atoms with E-state index in [0.29, 0.717) is 33.2 Å². The molecule has 9 N–H and O–H groups in total. The highest BCUT2D eigenvalue weighted by Gasteiger charge is 2.18. The van der Waals surface area contributed by atoms with Gasteiger partial charge in [0.2, 0.25) is 0 Å². The van der Waals surface area contributed by atoms with Gasteiger partial charge >= 0.3 is 0 Å². The molecule has 0 aliphatic heterocycles. The molecule has 43 heavy (non-hydrogen) atoms. The summed E-state index contributed by atoms with van der Waals surface area (Å²) in [6.07, 6.45) is 0. The van der Waals surface area contributed by atoms with Gasteiger partial charge in [-0.1, -0.05) is 24.3 Å². The standard InChI is InChI=1S/C26H23N5O9S3/c27-21-9-10-23(19-5-2-6-25(26(19)21)43(38,39)40)31-30-22-11-12-24(20-14-17(42(35,36)37)7-8-18(20)22)29-28-15-3-1-4-16(13-15)41(32,33)34/h1-14,28-31H,27H2,(H,32,33,34)(H,35,36,37)(H,38,39,40). The van der Waals surface area contributed by atoms with Crippen LogP contribution in [0.1, 0.15) is 0 Å². The fourth-order valence-corrected chi connectivity index (χ4v) is 6.21. The van der Waals surface area contributed by atoms with Gasteiger partial charge in [-0.15, -0.1) is 0 Å². The third-order valence-electron chi connectivity index (χ3n) is 6.40. The number of anilines is 5. The summed E-state index contributed by atoms with van der Waals surface area (Å²) >= 11 is 0. The molecule has 14 nitrogen and oxygen atoms in total. The smallest absolute Gasteiger partial charge is 0.295 e. The van der Waals surface area contributed by atoms with E-state index in [1.807, 2.05) is 0 Å². The molecule has 0 amide bonds. The van der Waals surface area contributed by atoms with Crippen LogP contribution in [0.4, 0.5) is 28.4 Å². The molecule has 5 rings (SSSR count). The molecular formula is C26H23N5O9S3.